The summed E-state index contributed by atoms with van der Waals surface area (Å²) >= 11 is 3.19. The van der Waals surface area contributed by atoms with E-state index in [2.05, 4.69) is 15.9 Å². The zero-order valence-electron chi connectivity index (χ0n) is 9.89. The second kappa shape index (κ2) is 5.70. The van der Waals surface area contributed by atoms with Crippen molar-refractivity contribution >= 4 is 21.6 Å². The minimum absolute atomic E-state index is 0.115. The Morgan fingerprint density at radius 2 is 1.65 bits per heavy atom. The Morgan fingerprint density at radius 3 is 2.20 bits per heavy atom. The maximum absolute atomic E-state index is 13.4. The van der Waals surface area contributed by atoms with Gasteiger partial charge in [-0.05, 0) is 12.1 Å². The Balaban J connectivity index is 2.32. The molecule has 0 aliphatic rings. The van der Waals surface area contributed by atoms with E-state index in [0.717, 1.165) is 0 Å². The smallest absolute Gasteiger partial charge is 0.203 e. The highest BCUT2D eigenvalue weighted by Gasteiger charge is 2.21. The molecule has 0 fully saturated rings. The van der Waals surface area contributed by atoms with Crippen molar-refractivity contribution in [3.63, 3.8) is 0 Å². The summed E-state index contributed by atoms with van der Waals surface area (Å²) in [5, 5.41) is 0. The van der Waals surface area contributed by atoms with Crippen LogP contribution in [0, 0.1) is 23.3 Å². The summed E-state index contributed by atoms with van der Waals surface area (Å²) in [6, 6.07) is 4.98. The van der Waals surface area contributed by atoms with Gasteiger partial charge >= 0.3 is 0 Å². The summed E-state index contributed by atoms with van der Waals surface area (Å²) in [4.78, 5) is 0. The lowest BCUT2D eigenvalue weighted by molar-refractivity contribution is 0.261. The minimum atomic E-state index is -1.59. The number of ether oxygens (including phenoxy) is 1. The lowest BCUT2D eigenvalue weighted by atomic mass is 10.2. The largest absolute Gasteiger partial charge is 0.483 e. The molecule has 0 saturated carbocycles. The third kappa shape index (κ3) is 2.72. The monoisotopic (exact) mass is 349 g/mol. The van der Waals surface area contributed by atoms with Crippen molar-refractivity contribution in [1.82, 2.24) is 0 Å². The first-order valence-corrected chi connectivity index (χ1v) is 6.19. The molecular weight excluding hydrogens is 342 g/mol. The lowest BCUT2D eigenvalue weighted by Gasteiger charge is -2.12. The molecule has 0 radical (unpaired) electrons. The lowest BCUT2D eigenvalue weighted by Crippen LogP contribution is -2.06. The van der Waals surface area contributed by atoms with Crippen LogP contribution in [-0.4, -0.2) is 0 Å². The Kier molecular flexibility index (Phi) is 4.17. The first kappa shape index (κ1) is 14.6. The summed E-state index contributed by atoms with van der Waals surface area (Å²) in [6.07, 6.45) is 0. The van der Waals surface area contributed by atoms with Gasteiger partial charge < -0.3 is 10.5 Å². The molecule has 2 nitrogen and oxygen atoms in total. The van der Waals surface area contributed by atoms with E-state index < -0.39 is 29.0 Å². The molecule has 0 saturated heterocycles. The highest BCUT2D eigenvalue weighted by molar-refractivity contribution is 9.10. The van der Waals surface area contributed by atoms with Crippen molar-refractivity contribution < 1.29 is 22.3 Å². The Bertz CT molecular complexity index is 617. The number of anilines is 1. The number of rotatable bonds is 3. The third-order valence-corrected chi connectivity index (χ3v) is 3.33. The fourth-order valence-corrected chi connectivity index (χ4v) is 2.05. The van der Waals surface area contributed by atoms with E-state index in [4.69, 9.17) is 10.5 Å². The molecule has 2 N–H and O–H groups in total. The Hall–Kier alpha value is -1.76. The van der Waals surface area contributed by atoms with E-state index in [1.807, 2.05) is 0 Å². The third-order valence-electron chi connectivity index (χ3n) is 2.59. The summed E-state index contributed by atoms with van der Waals surface area (Å²) in [5.41, 5.74) is 6.41. The van der Waals surface area contributed by atoms with E-state index in [1.54, 1.807) is 18.2 Å². The van der Waals surface area contributed by atoms with Gasteiger partial charge in [0.1, 0.15) is 6.61 Å². The van der Waals surface area contributed by atoms with Crippen molar-refractivity contribution in [2.24, 2.45) is 0 Å². The van der Waals surface area contributed by atoms with Gasteiger partial charge in [-0.3, -0.25) is 0 Å². The normalized spacial score (nSPS) is 10.7. The van der Waals surface area contributed by atoms with E-state index in [1.165, 1.54) is 0 Å². The summed E-state index contributed by atoms with van der Waals surface area (Å²) in [6.45, 7) is -0.343. The quantitative estimate of drug-likeness (QED) is 0.512. The molecule has 106 valence electrons. The van der Waals surface area contributed by atoms with Gasteiger partial charge in [0.25, 0.3) is 0 Å². The van der Waals surface area contributed by atoms with Crippen LogP contribution >= 0.6 is 15.9 Å². The molecule has 0 amide bonds. The number of halogens is 5. The summed E-state index contributed by atoms with van der Waals surface area (Å²) < 4.78 is 58.2. The van der Waals surface area contributed by atoms with Gasteiger partial charge in [-0.2, -0.15) is 8.78 Å². The predicted molar refractivity (Wildman–Crippen MR) is 69.2 cm³/mol. The van der Waals surface area contributed by atoms with Gasteiger partial charge in [-0.15, -0.1) is 0 Å². The maximum Gasteiger partial charge on any atom is 0.203 e. The van der Waals surface area contributed by atoms with Crippen LogP contribution < -0.4 is 10.5 Å². The van der Waals surface area contributed by atoms with Gasteiger partial charge in [0.15, 0.2) is 17.4 Å². The molecule has 2 aromatic carbocycles. The molecule has 0 aliphatic heterocycles. The Labute approximate surface area is 120 Å². The van der Waals surface area contributed by atoms with Crippen LogP contribution in [0.4, 0.5) is 23.2 Å². The number of benzene rings is 2. The average molecular weight is 350 g/mol. The van der Waals surface area contributed by atoms with Crippen LogP contribution in [0.2, 0.25) is 0 Å². The fourth-order valence-electron chi connectivity index (χ4n) is 1.55. The molecule has 7 heteroatoms. The van der Waals surface area contributed by atoms with Crippen LogP contribution in [-0.2, 0) is 6.61 Å². The van der Waals surface area contributed by atoms with Crippen molar-refractivity contribution in [2.45, 2.75) is 6.61 Å². The molecule has 0 atom stereocenters. The molecule has 0 heterocycles. The highest BCUT2D eigenvalue weighted by Crippen LogP contribution is 2.29. The molecule has 0 spiro atoms. The highest BCUT2D eigenvalue weighted by atomic mass is 79.9. The molecule has 0 bridgehead atoms. The van der Waals surface area contributed by atoms with Crippen molar-refractivity contribution in [1.29, 1.82) is 0 Å². The van der Waals surface area contributed by atoms with Crippen molar-refractivity contribution in [2.75, 3.05) is 5.73 Å². The summed E-state index contributed by atoms with van der Waals surface area (Å²) in [7, 11) is 0. The molecule has 0 unspecified atom stereocenters. The van der Waals surface area contributed by atoms with E-state index in [9.17, 15) is 17.6 Å². The molecule has 0 aromatic heterocycles. The number of nitrogen functional groups attached to an aromatic ring is 1. The van der Waals surface area contributed by atoms with Gasteiger partial charge in [0, 0.05) is 21.8 Å². The topological polar surface area (TPSA) is 35.2 Å². The van der Waals surface area contributed by atoms with Crippen LogP contribution in [0.3, 0.4) is 0 Å². The number of nitrogens with two attached hydrogens (primary N) is 1. The average Bonchev–Trinajstić information content (AvgIpc) is 2.39. The molecule has 2 rings (SSSR count). The van der Waals surface area contributed by atoms with E-state index >= 15 is 0 Å². The van der Waals surface area contributed by atoms with Gasteiger partial charge in [0.2, 0.25) is 11.6 Å². The molecule has 20 heavy (non-hydrogen) atoms. The SMILES string of the molecule is Nc1cccc(Br)c1COc1c(F)c(F)cc(F)c1F. The zero-order valence-corrected chi connectivity index (χ0v) is 11.5. The number of hydrogen-bond donors (Lipinski definition) is 1. The predicted octanol–water partition coefficient (Wildman–Crippen LogP) is 4.17. The second-order valence-electron chi connectivity index (χ2n) is 3.89. The Morgan fingerprint density at radius 1 is 1.05 bits per heavy atom. The first-order chi connectivity index (χ1) is 9.41. The standard InChI is InChI=1S/C13H8BrF4NO/c14-7-2-1-3-10(19)6(7)5-20-13-11(17)8(15)4-9(16)12(13)18/h1-4H,5,19H2. The van der Waals surface area contributed by atoms with Crippen molar-refractivity contribution in [3.8, 4) is 5.75 Å². The van der Waals surface area contributed by atoms with Gasteiger partial charge in [-0.25, -0.2) is 8.78 Å². The van der Waals surface area contributed by atoms with Gasteiger partial charge in [-0.1, -0.05) is 22.0 Å². The molecular formula is C13H8BrF4NO. The van der Waals surface area contributed by atoms with Crippen molar-refractivity contribution in [3.05, 3.63) is 57.6 Å². The van der Waals surface area contributed by atoms with Crippen LogP contribution in [0.1, 0.15) is 5.56 Å². The van der Waals surface area contributed by atoms with Crippen LogP contribution in [0.25, 0.3) is 0 Å². The first-order valence-electron chi connectivity index (χ1n) is 5.40. The van der Waals surface area contributed by atoms with E-state index in [0.29, 0.717) is 15.7 Å². The van der Waals surface area contributed by atoms with Gasteiger partial charge in [0.05, 0.1) is 0 Å². The van der Waals surface area contributed by atoms with Crippen LogP contribution in [0.5, 0.6) is 5.75 Å². The molecule has 2 aromatic rings. The second-order valence-corrected chi connectivity index (χ2v) is 4.75. The maximum atomic E-state index is 13.4. The minimum Gasteiger partial charge on any atom is -0.483 e. The zero-order chi connectivity index (χ0) is 14.9. The fraction of sp³-hybridized carbons (Fsp3) is 0.0769. The molecule has 0 aliphatic carbocycles. The van der Waals surface area contributed by atoms with Crippen LogP contribution in [0.15, 0.2) is 28.7 Å². The number of hydrogen-bond acceptors (Lipinski definition) is 2. The summed E-state index contributed by atoms with van der Waals surface area (Å²) in [5.74, 6) is -7.35. The van der Waals surface area contributed by atoms with E-state index in [-0.39, 0.29) is 12.7 Å².